The van der Waals surface area contributed by atoms with E-state index in [4.69, 9.17) is 27.9 Å². The van der Waals surface area contributed by atoms with Crippen molar-refractivity contribution in [3.8, 4) is 17.0 Å². The van der Waals surface area contributed by atoms with E-state index in [1.165, 1.54) is 18.6 Å². The molecule has 12 heteroatoms. The monoisotopic (exact) mass is 546 g/mol. The van der Waals surface area contributed by atoms with Gasteiger partial charge in [-0.3, -0.25) is 10.1 Å². The molecule has 1 aromatic carbocycles. The van der Waals surface area contributed by atoms with Crippen LogP contribution in [0, 0.1) is 5.41 Å². The Morgan fingerprint density at radius 3 is 2.44 bits per heavy atom. The predicted octanol–water partition coefficient (Wildman–Crippen LogP) is 4.73. The Labute approximate surface area is 218 Å². The van der Waals surface area contributed by atoms with Crippen molar-refractivity contribution >= 4 is 49.9 Å². The van der Waals surface area contributed by atoms with Gasteiger partial charge < -0.3 is 9.64 Å². The van der Waals surface area contributed by atoms with Crippen molar-refractivity contribution in [3.63, 3.8) is 0 Å². The standard InChI is InChI=1S/C24H24Cl2N6O3S/c1-14(21-18(25)9-27-10-19(21)26)35-16-4-5-20-17(6-16)22(31-30-20)15-7-28-23(29-8-15)32-11-24(2,12-32)13-36(3,33)34/h4-10,14H,11-13H2,1-3H3,(H,30,31)/t14-/m1/s1. The van der Waals surface area contributed by atoms with Crippen LogP contribution in [-0.2, 0) is 9.84 Å². The summed E-state index contributed by atoms with van der Waals surface area (Å²) < 4.78 is 29.5. The van der Waals surface area contributed by atoms with E-state index in [9.17, 15) is 8.42 Å². The zero-order chi connectivity index (χ0) is 25.7. The minimum absolute atomic E-state index is 0.149. The van der Waals surface area contributed by atoms with E-state index in [0.29, 0.717) is 46.1 Å². The molecule has 188 valence electrons. The molecule has 1 saturated heterocycles. The first-order chi connectivity index (χ1) is 17.0. The number of anilines is 1. The number of ether oxygens (including phenoxy) is 1. The molecule has 4 aromatic rings. The number of H-pyrrole nitrogens is 1. The summed E-state index contributed by atoms with van der Waals surface area (Å²) in [4.78, 5) is 15.0. The Morgan fingerprint density at radius 1 is 1.14 bits per heavy atom. The Balaban J connectivity index is 1.34. The number of fused-ring (bicyclic) bond motifs is 1. The summed E-state index contributed by atoms with van der Waals surface area (Å²) >= 11 is 12.6. The van der Waals surface area contributed by atoms with Crippen LogP contribution in [-0.4, -0.2) is 58.7 Å². The molecule has 0 saturated carbocycles. The highest BCUT2D eigenvalue weighted by Crippen LogP contribution is 2.36. The van der Waals surface area contributed by atoms with E-state index in [2.05, 4.69) is 25.1 Å². The molecule has 1 atom stereocenters. The van der Waals surface area contributed by atoms with E-state index in [0.717, 1.165) is 16.5 Å². The number of benzene rings is 1. The summed E-state index contributed by atoms with van der Waals surface area (Å²) in [7, 11) is -3.04. The molecular weight excluding hydrogens is 523 g/mol. The Kier molecular flexibility index (Phi) is 6.30. The van der Waals surface area contributed by atoms with Crippen LogP contribution >= 0.6 is 23.2 Å². The van der Waals surface area contributed by atoms with E-state index in [-0.39, 0.29) is 11.2 Å². The van der Waals surface area contributed by atoms with Crippen LogP contribution in [0.2, 0.25) is 10.0 Å². The second-order valence-corrected chi connectivity index (χ2v) is 12.5. The van der Waals surface area contributed by atoms with Gasteiger partial charge in [0.25, 0.3) is 0 Å². The van der Waals surface area contributed by atoms with Crippen LogP contribution < -0.4 is 9.64 Å². The van der Waals surface area contributed by atoms with Gasteiger partial charge in [0, 0.05) is 66.1 Å². The van der Waals surface area contributed by atoms with Crippen molar-refractivity contribution < 1.29 is 13.2 Å². The first kappa shape index (κ1) is 24.7. The number of aromatic nitrogens is 5. The van der Waals surface area contributed by atoms with Crippen LogP contribution in [0.25, 0.3) is 22.2 Å². The van der Waals surface area contributed by atoms with Crippen molar-refractivity contribution in [2.45, 2.75) is 20.0 Å². The minimum atomic E-state index is -3.04. The maximum absolute atomic E-state index is 11.7. The second-order valence-electron chi connectivity index (χ2n) is 9.57. The molecule has 0 radical (unpaired) electrons. The van der Waals surface area contributed by atoms with Crippen molar-refractivity contribution in [2.75, 3.05) is 30.0 Å². The van der Waals surface area contributed by atoms with Crippen LogP contribution in [0.5, 0.6) is 5.75 Å². The average molecular weight is 547 g/mol. The molecule has 0 aliphatic carbocycles. The molecule has 4 heterocycles. The Hall–Kier alpha value is -2.95. The predicted molar refractivity (Wildman–Crippen MR) is 140 cm³/mol. The summed E-state index contributed by atoms with van der Waals surface area (Å²) in [5, 5.41) is 9.22. The van der Waals surface area contributed by atoms with Crippen LogP contribution in [0.1, 0.15) is 25.5 Å². The van der Waals surface area contributed by atoms with Gasteiger partial charge in [-0.25, -0.2) is 18.4 Å². The zero-order valence-corrected chi connectivity index (χ0v) is 22.2. The number of halogens is 2. The van der Waals surface area contributed by atoms with Gasteiger partial charge in [-0.1, -0.05) is 30.1 Å². The highest BCUT2D eigenvalue weighted by molar-refractivity contribution is 7.90. The summed E-state index contributed by atoms with van der Waals surface area (Å²) in [5.41, 5.74) is 2.67. The lowest BCUT2D eigenvalue weighted by atomic mass is 9.84. The van der Waals surface area contributed by atoms with Gasteiger partial charge in [-0.2, -0.15) is 5.10 Å². The summed E-state index contributed by atoms with van der Waals surface area (Å²) in [6.07, 6.45) is 7.38. The van der Waals surface area contributed by atoms with Crippen molar-refractivity contribution in [3.05, 3.63) is 58.6 Å². The van der Waals surface area contributed by atoms with Gasteiger partial charge in [0.05, 0.1) is 21.3 Å². The van der Waals surface area contributed by atoms with Gasteiger partial charge in [0.1, 0.15) is 27.4 Å². The van der Waals surface area contributed by atoms with Crippen LogP contribution in [0.15, 0.2) is 43.0 Å². The zero-order valence-electron chi connectivity index (χ0n) is 19.9. The van der Waals surface area contributed by atoms with Gasteiger partial charge in [0.2, 0.25) is 5.95 Å². The van der Waals surface area contributed by atoms with Crippen LogP contribution in [0.4, 0.5) is 5.95 Å². The molecule has 1 aliphatic rings. The molecule has 0 spiro atoms. The Bertz CT molecular complexity index is 1520. The van der Waals surface area contributed by atoms with Gasteiger partial charge in [0.15, 0.2) is 0 Å². The molecule has 0 unspecified atom stereocenters. The quantitative estimate of drug-likeness (QED) is 0.353. The minimum Gasteiger partial charge on any atom is -0.486 e. The molecule has 36 heavy (non-hydrogen) atoms. The molecule has 1 N–H and O–H groups in total. The van der Waals surface area contributed by atoms with E-state index in [1.54, 1.807) is 12.4 Å². The van der Waals surface area contributed by atoms with E-state index < -0.39 is 15.9 Å². The largest absolute Gasteiger partial charge is 0.486 e. The number of nitrogens with one attached hydrogen (secondary N) is 1. The number of nitrogens with zero attached hydrogens (tertiary/aromatic N) is 5. The molecule has 5 rings (SSSR count). The topological polar surface area (TPSA) is 114 Å². The van der Waals surface area contributed by atoms with Crippen molar-refractivity contribution in [1.82, 2.24) is 25.1 Å². The van der Waals surface area contributed by atoms with Gasteiger partial charge in [-0.05, 0) is 25.1 Å². The fourth-order valence-corrected chi connectivity index (χ4v) is 6.83. The highest BCUT2D eigenvalue weighted by atomic mass is 35.5. The SMILES string of the molecule is C[C@@H](Oc1ccc2[nH]nc(-c3cnc(N4CC(C)(CS(C)(=O)=O)C4)nc3)c2c1)c1c(Cl)cncc1Cl. The molecular formula is C24H24Cl2N6O3S. The van der Waals surface area contributed by atoms with E-state index in [1.807, 2.05) is 36.9 Å². The smallest absolute Gasteiger partial charge is 0.225 e. The summed E-state index contributed by atoms with van der Waals surface area (Å²) in [6, 6.07) is 5.63. The molecule has 0 amide bonds. The number of hydrogen-bond acceptors (Lipinski definition) is 8. The maximum Gasteiger partial charge on any atom is 0.225 e. The third kappa shape index (κ3) is 4.98. The van der Waals surface area contributed by atoms with Gasteiger partial charge in [-0.15, -0.1) is 0 Å². The second kappa shape index (κ2) is 9.17. The third-order valence-corrected chi connectivity index (χ3v) is 7.92. The fourth-order valence-electron chi connectivity index (χ4n) is 4.71. The van der Waals surface area contributed by atoms with Crippen molar-refractivity contribution in [2.24, 2.45) is 5.41 Å². The first-order valence-electron chi connectivity index (χ1n) is 11.2. The maximum atomic E-state index is 11.7. The molecule has 0 bridgehead atoms. The number of hydrogen-bond donors (Lipinski definition) is 1. The summed E-state index contributed by atoms with van der Waals surface area (Å²) in [5.74, 6) is 1.34. The highest BCUT2D eigenvalue weighted by Gasteiger charge is 2.42. The lowest BCUT2D eigenvalue weighted by Crippen LogP contribution is -2.58. The Morgan fingerprint density at radius 2 is 1.81 bits per heavy atom. The third-order valence-electron chi connectivity index (χ3n) is 6.09. The summed E-state index contributed by atoms with van der Waals surface area (Å²) in [6.45, 7) is 5.02. The number of aromatic amines is 1. The van der Waals surface area contributed by atoms with E-state index >= 15 is 0 Å². The fraction of sp³-hybridized carbons (Fsp3) is 0.333. The van der Waals surface area contributed by atoms with Crippen LogP contribution in [0.3, 0.4) is 0 Å². The first-order valence-corrected chi connectivity index (χ1v) is 14.0. The van der Waals surface area contributed by atoms with Gasteiger partial charge >= 0.3 is 0 Å². The molecule has 1 fully saturated rings. The lowest BCUT2D eigenvalue weighted by molar-refractivity contribution is 0.227. The number of pyridine rings is 1. The molecule has 1 aliphatic heterocycles. The normalized spacial score (nSPS) is 16.1. The number of sulfone groups is 1. The molecule has 3 aromatic heterocycles. The number of rotatable bonds is 7. The average Bonchev–Trinajstić information content (AvgIpc) is 3.19. The van der Waals surface area contributed by atoms with Crippen molar-refractivity contribution in [1.29, 1.82) is 0 Å². The lowest BCUT2D eigenvalue weighted by Gasteiger charge is -2.47. The molecule has 9 nitrogen and oxygen atoms in total.